The van der Waals surface area contributed by atoms with Crippen LogP contribution in [0.1, 0.15) is 11.3 Å². The van der Waals surface area contributed by atoms with Gasteiger partial charge in [0.2, 0.25) is 5.88 Å². The van der Waals surface area contributed by atoms with Crippen molar-refractivity contribution in [3.8, 4) is 33.9 Å². The molecule has 0 atom stereocenters. The van der Waals surface area contributed by atoms with Gasteiger partial charge in [-0.2, -0.15) is 0 Å². The van der Waals surface area contributed by atoms with Crippen molar-refractivity contribution in [2.45, 2.75) is 13.8 Å². The number of carbonyl (C=O) groups excluding carboxylic acids is 1. The van der Waals surface area contributed by atoms with Gasteiger partial charge in [-0.25, -0.2) is 4.79 Å². The summed E-state index contributed by atoms with van der Waals surface area (Å²) in [7, 11) is 3.19. The molecule has 1 amide bonds. The van der Waals surface area contributed by atoms with E-state index in [0.29, 0.717) is 21.8 Å². The van der Waals surface area contributed by atoms with Crippen molar-refractivity contribution in [1.29, 1.82) is 0 Å². The average molecular weight is 385 g/mol. The average Bonchev–Trinajstić information content (AvgIpc) is 2.90. The highest BCUT2D eigenvalue weighted by molar-refractivity contribution is 6.34. The Bertz CT molecular complexity index is 994. The summed E-state index contributed by atoms with van der Waals surface area (Å²) >= 11 is 6.56. The van der Waals surface area contributed by atoms with Crippen molar-refractivity contribution in [2.75, 3.05) is 14.1 Å². The number of rotatable bonds is 3. The van der Waals surface area contributed by atoms with Crippen LogP contribution in [0.2, 0.25) is 5.02 Å². The first kappa shape index (κ1) is 18.9. The highest BCUT2D eigenvalue weighted by atomic mass is 35.5. The Kier molecular flexibility index (Phi) is 5.15. The van der Waals surface area contributed by atoms with Crippen LogP contribution in [0.4, 0.5) is 4.79 Å². The lowest BCUT2D eigenvalue weighted by Gasteiger charge is -2.14. The molecule has 0 bridgehead atoms. The van der Waals surface area contributed by atoms with Crippen molar-refractivity contribution < 1.29 is 14.6 Å². The summed E-state index contributed by atoms with van der Waals surface area (Å²) in [6, 6.07) is 13.7. The highest BCUT2D eigenvalue weighted by Crippen LogP contribution is 2.45. The number of hydrogen-bond donors (Lipinski definition) is 2. The number of aromatic nitrogens is 1. The molecule has 140 valence electrons. The van der Waals surface area contributed by atoms with Crippen molar-refractivity contribution >= 4 is 17.7 Å². The molecule has 5 nitrogen and oxygen atoms in total. The van der Waals surface area contributed by atoms with Crippen LogP contribution >= 0.6 is 11.6 Å². The van der Waals surface area contributed by atoms with Crippen molar-refractivity contribution in [3.05, 3.63) is 58.7 Å². The molecule has 0 aliphatic heterocycles. The zero-order chi connectivity index (χ0) is 19.7. The molecule has 1 aromatic heterocycles. The Hall–Kier alpha value is -2.92. The molecule has 1 heterocycles. The number of aromatic amines is 1. The number of hydrogen-bond acceptors (Lipinski definition) is 3. The van der Waals surface area contributed by atoms with E-state index in [1.165, 1.54) is 4.90 Å². The minimum Gasteiger partial charge on any atom is -0.494 e. The Morgan fingerprint density at radius 3 is 2.41 bits per heavy atom. The highest BCUT2D eigenvalue weighted by Gasteiger charge is 2.24. The van der Waals surface area contributed by atoms with E-state index in [2.05, 4.69) is 4.98 Å². The van der Waals surface area contributed by atoms with Crippen LogP contribution < -0.4 is 4.74 Å². The van der Waals surface area contributed by atoms with Gasteiger partial charge < -0.3 is 19.7 Å². The number of amides is 1. The van der Waals surface area contributed by atoms with Crippen molar-refractivity contribution in [3.63, 3.8) is 0 Å². The van der Waals surface area contributed by atoms with Crippen LogP contribution in [0, 0.1) is 13.8 Å². The van der Waals surface area contributed by atoms with Gasteiger partial charge in [-0.15, -0.1) is 0 Å². The molecule has 0 radical (unpaired) electrons. The van der Waals surface area contributed by atoms with E-state index in [1.54, 1.807) is 21.0 Å². The van der Waals surface area contributed by atoms with Gasteiger partial charge in [-0.05, 0) is 42.7 Å². The van der Waals surface area contributed by atoms with E-state index in [-0.39, 0.29) is 11.6 Å². The first-order valence-corrected chi connectivity index (χ1v) is 8.84. The molecule has 6 heteroatoms. The number of benzene rings is 2. The first-order chi connectivity index (χ1) is 12.8. The summed E-state index contributed by atoms with van der Waals surface area (Å²) in [5.41, 5.74) is 4.55. The van der Waals surface area contributed by atoms with Gasteiger partial charge in [0.1, 0.15) is 0 Å². The van der Waals surface area contributed by atoms with Crippen LogP contribution in [-0.2, 0) is 0 Å². The van der Waals surface area contributed by atoms with E-state index in [4.69, 9.17) is 16.3 Å². The Morgan fingerprint density at radius 2 is 1.78 bits per heavy atom. The second-order valence-corrected chi connectivity index (χ2v) is 6.99. The Labute approximate surface area is 163 Å². The van der Waals surface area contributed by atoms with Gasteiger partial charge in [-0.1, -0.05) is 41.9 Å². The fourth-order valence-corrected chi connectivity index (χ4v) is 3.21. The molecule has 27 heavy (non-hydrogen) atoms. The summed E-state index contributed by atoms with van der Waals surface area (Å²) in [5, 5.41) is 10.9. The lowest BCUT2D eigenvalue weighted by atomic mass is 9.96. The summed E-state index contributed by atoms with van der Waals surface area (Å²) in [5.74, 6) is 0.169. The Morgan fingerprint density at radius 1 is 1.11 bits per heavy atom. The molecule has 2 N–H and O–H groups in total. The number of H-pyrrole nitrogens is 1. The number of ether oxygens (including phenoxy) is 1. The summed E-state index contributed by atoms with van der Waals surface area (Å²) in [4.78, 5) is 16.2. The van der Waals surface area contributed by atoms with Crippen LogP contribution in [0.3, 0.4) is 0 Å². The normalized spacial score (nSPS) is 10.7. The molecule has 0 fully saturated rings. The molecule has 0 aliphatic rings. The predicted molar refractivity (Wildman–Crippen MR) is 108 cm³/mol. The van der Waals surface area contributed by atoms with Crippen molar-refractivity contribution in [1.82, 2.24) is 9.88 Å². The van der Waals surface area contributed by atoms with E-state index >= 15 is 0 Å². The standard InChI is InChI=1S/C21H21ClN2O3/c1-12-10-16(17(22)11-15(12)14-8-6-5-7-9-14)18-19(13(2)23-20(18)25)27-21(26)24(3)4/h5-11,23,25H,1-4H3. The van der Waals surface area contributed by atoms with E-state index in [9.17, 15) is 9.90 Å². The zero-order valence-electron chi connectivity index (χ0n) is 15.6. The van der Waals surface area contributed by atoms with E-state index in [1.807, 2.05) is 49.4 Å². The molecule has 0 unspecified atom stereocenters. The summed E-state index contributed by atoms with van der Waals surface area (Å²) < 4.78 is 5.46. The molecular weight excluding hydrogens is 364 g/mol. The van der Waals surface area contributed by atoms with E-state index in [0.717, 1.165) is 16.7 Å². The molecular formula is C21H21ClN2O3. The Balaban J connectivity index is 2.13. The smallest absolute Gasteiger partial charge is 0.414 e. The van der Waals surface area contributed by atoms with Crippen molar-refractivity contribution in [2.24, 2.45) is 0 Å². The minimum atomic E-state index is -0.535. The number of aryl methyl sites for hydroxylation is 2. The number of carbonyl (C=O) groups is 1. The van der Waals surface area contributed by atoms with Crippen LogP contribution in [0.15, 0.2) is 42.5 Å². The number of nitrogens with zero attached hydrogens (tertiary/aromatic N) is 1. The molecule has 0 spiro atoms. The SMILES string of the molecule is Cc1cc(-c2c(O)[nH]c(C)c2OC(=O)N(C)C)c(Cl)cc1-c1ccccc1. The van der Waals surface area contributed by atoms with Gasteiger partial charge in [0, 0.05) is 24.7 Å². The quantitative estimate of drug-likeness (QED) is 0.636. The maximum absolute atomic E-state index is 12.0. The van der Waals surface area contributed by atoms with Gasteiger partial charge in [0.05, 0.1) is 11.3 Å². The molecule has 2 aromatic carbocycles. The fraction of sp³-hybridized carbons (Fsp3) is 0.190. The molecule has 0 aliphatic carbocycles. The minimum absolute atomic E-state index is 0.0946. The third-order valence-electron chi connectivity index (χ3n) is 4.33. The van der Waals surface area contributed by atoms with Gasteiger partial charge in [0.15, 0.2) is 5.75 Å². The van der Waals surface area contributed by atoms with Crippen LogP contribution in [0.5, 0.6) is 11.6 Å². The van der Waals surface area contributed by atoms with Crippen LogP contribution in [-0.4, -0.2) is 35.2 Å². The van der Waals surface area contributed by atoms with Gasteiger partial charge >= 0.3 is 6.09 Å². The van der Waals surface area contributed by atoms with Gasteiger partial charge in [0.25, 0.3) is 0 Å². The first-order valence-electron chi connectivity index (χ1n) is 8.46. The second kappa shape index (κ2) is 7.37. The largest absolute Gasteiger partial charge is 0.494 e. The summed E-state index contributed by atoms with van der Waals surface area (Å²) in [6.45, 7) is 3.70. The molecule has 3 aromatic rings. The third kappa shape index (κ3) is 3.64. The maximum Gasteiger partial charge on any atom is 0.414 e. The third-order valence-corrected chi connectivity index (χ3v) is 4.65. The zero-order valence-corrected chi connectivity index (χ0v) is 16.4. The molecule has 3 rings (SSSR count). The maximum atomic E-state index is 12.0. The molecule has 0 saturated carbocycles. The predicted octanol–water partition coefficient (Wildman–Crippen LogP) is 5.38. The molecule has 0 saturated heterocycles. The van der Waals surface area contributed by atoms with Gasteiger partial charge in [-0.3, -0.25) is 0 Å². The monoisotopic (exact) mass is 384 g/mol. The van der Waals surface area contributed by atoms with Crippen LogP contribution in [0.25, 0.3) is 22.3 Å². The number of aromatic hydroxyl groups is 1. The topological polar surface area (TPSA) is 65.6 Å². The number of halogens is 1. The second-order valence-electron chi connectivity index (χ2n) is 6.58. The lowest BCUT2D eigenvalue weighted by molar-refractivity contribution is 0.172. The lowest BCUT2D eigenvalue weighted by Crippen LogP contribution is -2.25. The number of nitrogens with one attached hydrogen (secondary N) is 1. The van der Waals surface area contributed by atoms with E-state index < -0.39 is 6.09 Å². The fourth-order valence-electron chi connectivity index (χ4n) is 2.95. The summed E-state index contributed by atoms with van der Waals surface area (Å²) in [6.07, 6.45) is -0.535.